The Morgan fingerprint density at radius 1 is 0.725 bits per heavy atom. The standard InChI is InChI=1S/C35H37N3O2/c39-34(30-21-19-28(20-22-30)27-14-6-2-7-15-27)38-32(35(40)37-25-26-12-4-1-5-13-26)18-10-11-23-36-33-24-31(33)29-16-8-3-9-17-29/h1-9,12-17,19-22,31-33,36H,10-11,18,23-25H2,(H,37,40)(H,38,39)/t31?,32-,33?/m0/s1. The summed E-state index contributed by atoms with van der Waals surface area (Å²) in [6, 6.07) is 38.0. The molecule has 40 heavy (non-hydrogen) atoms. The van der Waals surface area contributed by atoms with Crippen molar-refractivity contribution in [1.29, 1.82) is 0 Å². The largest absolute Gasteiger partial charge is 0.350 e. The molecular formula is C35H37N3O2. The van der Waals surface area contributed by atoms with Crippen molar-refractivity contribution in [3.63, 3.8) is 0 Å². The average Bonchev–Trinajstić information content (AvgIpc) is 3.80. The van der Waals surface area contributed by atoms with E-state index in [1.165, 1.54) is 12.0 Å². The summed E-state index contributed by atoms with van der Waals surface area (Å²) < 4.78 is 0. The molecule has 1 aliphatic rings. The van der Waals surface area contributed by atoms with E-state index in [0.717, 1.165) is 36.1 Å². The Hall–Kier alpha value is -4.22. The summed E-state index contributed by atoms with van der Waals surface area (Å²) in [6.07, 6.45) is 3.55. The fraction of sp³-hybridized carbons (Fsp3) is 0.257. The average molecular weight is 532 g/mol. The van der Waals surface area contributed by atoms with Gasteiger partial charge in [0.2, 0.25) is 5.91 Å². The summed E-state index contributed by atoms with van der Waals surface area (Å²) in [7, 11) is 0. The van der Waals surface area contributed by atoms with Crippen molar-refractivity contribution >= 4 is 11.8 Å². The van der Waals surface area contributed by atoms with Crippen molar-refractivity contribution in [1.82, 2.24) is 16.0 Å². The Balaban J connectivity index is 1.14. The predicted molar refractivity (Wildman–Crippen MR) is 161 cm³/mol. The zero-order valence-corrected chi connectivity index (χ0v) is 22.8. The van der Waals surface area contributed by atoms with E-state index in [2.05, 4.69) is 46.3 Å². The van der Waals surface area contributed by atoms with Crippen LogP contribution in [0.5, 0.6) is 0 Å². The molecule has 3 N–H and O–H groups in total. The van der Waals surface area contributed by atoms with Gasteiger partial charge in [-0.25, -0.2) is 0 Å². The van der Waals surface area contributed by atoms with Crippen molar-refractivity contribution in [2.24, 2.45) is 0 Å². The first-order valence-corrected chi connectivity index (χ1v) is 14.2. The highest BCUT2D eigenvalue weighted by atomic mass is 16.2. The second-order valence-corrected chi connectivity index (χ2v) is 10.5. The van der Waals surface area contributed by atoms with Crippen LogP contribution in [-0.2, 0) is 11.3 Å². The SMILES string of the molecule is O=C(N[C@@H](CCCCNC1CC1c1ccccc1)C(=O)NCc1ccccc1)c1ccc(-c2ccccc2)cc1. The summed E-state index contributed by atoms with van der Waals surface area (Å²) in [5, 5.41) is 9.66. The number of hydrogen-bond acceptors (Lipinski definition) is 3. The Morgan fingerprint density at radius 2 is 1.35 bits per heavy atom. The summed E-state index contributed by atoms with van der Waals surface area (Å²) in [6.45, 7) is 1.34. The van der Waals surface area contributed by atoms with Crippen LogP contribution in [0.4, 0.5) is 0 Å². The van der Waals surface area contributed by atoms with Crippen molar-refractivity contribution in [3.05, 3.63) is 132 Å². The fourth-order valence-corrected chi connectivity index (χ4v) is 5.11. The second kappa shape index (κ2) is 13.7. The maximum absolute atomic E-state index is 13.2. The lowest BCUT2D eigenvalue weighted by atomic mass is 10.0. The van der Waals surface area contributed by atoms with Gasteiger partial charge in [0, 0.05) is 24.1 Å². The molecule has 0 heterocycles. The van der Waals surface area contributed by atoms with Crippen LogP contribution < -0.4 is 16.0 Å². The maximum atomic E-state index is 13.2. The Labute approximate surface area is 237 Å². The quantitative estimate of drug-likeness (QED) is 0.183. The van der Waals surface area contributed by atoms with Crippen LogP contribution in [0.15, 0.2) is 115 Å². The summed E-state index contributed by atoms with van der Waals surface area (Å²) in [5.74, 6) is 0.212. The van der Waals surface area contributed by atoms with Crippen LogP contribution in [0.1, 0.15) is 53.1 Å². The van der Waals surface area contributed by atoms with Gasteiger partial charge < -0.3 is 16.0 Å². The molecule has 0 spiro atoms. The number of amides is 2. The molecule has 0 aromatic heterocycles. The van der Waals surface area contributed by atoms with Gasteiger partial charge in [0.15, 0.2) is 0 Å². The molecule has 4 aromatic carbocycles. The van der Waals surface area contributed by atoms with Crippen LogP contribution in [0.2, 0.25) is 0 Å². The molecule has 1 fully saturated rings. The van der Waals surface area contributed by atoms with Gasteiger partial charge in [-0.2, -0.15) is 0 Å². The molecule has 5 nitrogen and oxygen atoms in total. The van der Waals surface area contributed by atoms with E-state index in [0.29, 0.717) is 30.5 Å². The first-order chi connectivity index (χ1) is 19.7. The number of carbonyl (C=O) groups is 2. The van der Waals surface area contributed by atoms with E-state index in [-0.39, 0.29) is 11.8 Å². The third kappa shape index (κ3) is 7.67. The Morgan fingerprint density at radius 3 is 2.05 bits per heavy atom. The molecule has 0 bridgehead atoms. The minimum absolute atomic E-state index is 0.155. The topological polar surface area (TPSA) is 70.2 Å². The van der Waals surface area contributed by atoms with Gasteiger partial charge in [0.05, 0.1) is 0 Å². The molecule has 5 heteroatoms. The number of rotatable bonds is 13. The van der Waals surface area contributed by atoms with E-state index in [1.807, 2.05) is 84.9 Å². The van der Waals surface area contributed by atoms with Crippen LogP contribution >= 0.6 is 0 Å². The Kier molecular flexibility index (Phi) is 9.38. The lowest BCUT2D eigenvalue weighted by Gasteiger charge is -2.19. The monoisotopic (exact) mass is 531 g/mol. The molecule has 0 aliphatic heterocycles. The molecule has 2 unspecified atom stereocenters. The molecule has 3 atom stereocenters. The van der Waals surface area contributed by atoms with Crippen molar-refractivity contribution in [2.45, 2.75) is 50.2 Å². The van der Waals surface area contributed by atoms with Crippen LogP contribution in [-0.4, -0.2) is 30.4 Å². The highest BCUT2D eigenvalue weighted by Crippen LogP contribution is 2.40. The van der Waals surface area contributed by atoms with Gasteiger partial charge in [-0.3, -0.25) is 9.59 Å². The van der Waals surface area contributed by atoms with Crippen molar-refractivity contribution in [2.75, 3.05) is 6.54 Å². The van der Waals surface area contributed by atoms with Gasteiger partial charge in [-0.05, 0) is 66.6 Å². The first-order valence-electron chi connectivity index (χ1n) is 14.2. The van der Waals surface area contributed by atoms with E-state index in [9.17, 15) is 9.59 Å². The Bertz CT molecular complexity index is 1360. The van der Waals surface area contributed by atoms with Gasteiger partial charge in [-0.1, -0.05) is 103 Å². The fourth-order valence-electron chi connectivity index (χ4n) is 5.11. The van der Waals surface area contributed by atoms with Crippen molar-refractivity contribution in [3.8, 4) is 11.1 Å². The van der Waals surface area contributed by atoms with Crippen molar-refractivity contribution < 1.29 is 9.59 Å². The summed E-state index contributed by atoms with van der Waals surface area (Å²) >= 11 is 0. The minimum Gasteiger partial charge on any atom is -0.350 e. The smallest absolute Gasteiger partial charge is 0.251 e. The molecule has 4 aromatic rings. The van der Waals surface area contributed by atoms with Crippen LogP contribution in [0, 0.1) is 0 Å². The van der Waals surface area contributed by atoms with E-state index < -0.39 is 6.04 Å². The number of benzene rings is 4. The lowest BCUT2D eigenvalue weighted by Crippen LogP contribution is -2.46. The normalized spacial score (nSPS) is 16.6. The third-order valence-corrected chi connectivity index (χ3v) is 7.53. The van der Waals surface area contributed by atoms with E-state index in [4.69, 9.17) is 0 Å². The molecule has 1 saturated carbocycles. The molecule has 2 amide bonds. The molecular weight excluding hydrogens is 494 g/mol. The highest BCUT2D eigenvalue weighted by Gasteiger charge is 2.37. The van der Waals surface area contributed by atoms with Gasteiger partial charge >= 0.3 is 0 Å². The number of unbranched alkanes of at least 4 members (excludes halogenated alkanes) is 1. The third-order valence-electron chi connectivity index (χ3n) is 7.53. The molecule has 1 aliphatic carbocycles. The number of nitrogens with one attached hydrogen (secondary N) is 3. The maximum Gasteiger partial charge on any atom is 0.251 e. The zero-order valence-electron chi connectivity index (χ0n) is 22.8. The second-order valence-electron chi connectivity index (χ2n) is 10.5. The summed E-state index contributed by atoms with van der Waals surface area (Å²) in [5.41, 5.74) is 5.12. The van der Waals surface area contributed by atoms with E-state index >= 15 is 0 Å². The summed E-state index contributed by atoms with van der Waals surface area (Å²) in [4.78, 5) is 26.3. The van der Waals surface area contributed by atoms with Gasteiger partial charge in [0.1, 0.15) is 6.04 Å². The minimum atomic E-state index is -0.594. The molecule has 5 rings (SSSR count). The van der Waals surface area contributed by atoms with Crippen LogP contribution in [0.3, 0.4) is 0 Å². The van der Waals surface area contributed by atoms with Gasteiger partial charge in [-0.15, -0.1) is 0 Å². The molecule has 0 radical (unpaired) electrons. The number of carbonyl (C=O) groups excluding carboxylic acids is 2. The molecule has 204 valence electrons. The number of hydrogen-bond donors (Lipinski definition) is 3. The first kappa shape index (κ1) is 27.4. The van der Waals surface area contributed by atoms with E-state index in [1.54, 1.807) is 0 Å². The molecule has 0 saturated heterocycles. The lowest BCUT2D eigenvalue weighted by molar-refractivity contribution is -0.123. The predicted octanol–water partition coefficient (Wildman–Crippen LogP) is 6.08. The highest BCUT2D eigenvalue weighted by molar-refractivity contribution is 5.97. The van der Waals surface area contributed by atoms with Crippen LogP contribution in [0.25, 0.3) is 11.1 Å². The van der Waals surface area contributed by atoms with Gasteiger partial charge in [0.25, 0.3) is 5.91 Å². The zero-order chi connectivity index (χ0) is 27.6.